The van der Waals surface area contributed by atoms with Gasteiger partial charge < -0.3 is 5.73 Å². The van der Waals surface area contributed by atoms with Gasteiger partial charge in [-0.25, -0.2) is 0 Å². The van der Waals surface area contributed by atoms with Crippen LogP contribution in [0.3, 0.4) is 0 Å². The minimum Gasteiger partial charge on any atom is -0.315 e. The number of ketones is 1. The first kappa shape index (κ1) is 10.2. The average molecular weight is 224 g/mol. The molecule has 17 heavy (non-hydrogen) atoms. The number of hydrogen-bond donors (Lipinski definition) is 1. The number of fused-ring (bicyclic) bond motifs is 1. The number of Topliss-reactive ketones (excluding diaryl/α,β-unsaturated/α-hetero) is 1. The molecule has 0 saturated carbocycles. The van der Waals surface area contributed by atoms with Gasteiger partial charge in [-0.15, -0.1) is 0 Å². The molecule has 0 aliphatic heterocycles. The zero-order chi connectivity index (χ0) is 11.9. The first-order valence-corrected chi connectivity index (χ1v) is 5.54. The molecule has 0 radical (unpaired) electrons. The van der Waals surface area contributed by atoms with Crippen molar-refractivity contribution in [2.75, 3.05) is 0 Å². The van der Waals surface area contributed by atoms with Crippen LogP contribution in [0.15, 0.2) is 48.8 Å². The molecule has 0 bridgehead atoms. The summed E-state index contributed by atoms with van der Waals surface area (Å²) in [5.74, 6) is -0.0129. The predicted octanol–water partition coefficient (Wildman–Crippen LogP) is 1.67. The Morgan fingerprint density at radius 2 is 2.00 bits per heavy atom. The second-order valence-corrected chi connectivity index (χ2v) is 4.38. The highest BCUT2D eigenvalue weighted by atomic mass is 16.1. The Morgan fingerprint density at radius 1 is 1.18 bits per heavy atom. The maximum Gasteiger partial charge on any atom is 0.187 e. The maximum atomic E-state index is 12.4. The van der Waals surface area contributed by atoms with E-state index in [0.717, 1.165) is 16.7 Å². The van der Waals surface area contributed by atoms with Crippen molar-refractivity contribution in [3.63, 3.8) is 0 Å². The molecule has 3 nitrogen and oxygen atoms in total. The smallest absolute Gasteiger partial charge is 0.187 e. The fourth-order valence-electron chi connectivity index (χ4n) is 2.38. The van der Waals surface area contributed by atoms with Gasteiger partial charge in [-0.2, -0.15) is 0 Å². The van der Waals surface area contributed by atoms with Crippen LogP contribution in [0.2, 0.25) is 0 Å². The molecule has 2 N–H and O–H groups in total. The molecule has 1 heterocycles. The minimum absolute atomic E-state index is 0.0129. The first-order valence-electron chi connectivity index (χ1n) is 5.54. The van der Waals surface area contributed by atoms with Crippen molar-refractivity contribution in [3.8, 4) is 0 Å². The predicted molar refractivity (Wildman–Crippen MR) is 64.6 cm³/mol. The summed E-state index contributed by atoms with van der Waals surface area (Å²) in [4.78, 5) is 16.4. The second-order valence-electron chi connectivity index (χ2n) is 4.38. The van der Waals surface area contributed by atoms with E-state index in [9.17, 15) is 4.79 Å². The largest absolute Gasteiger partial charge is 0.315 e. The number of nitrogens with two attached hydrogens (primary N) is 1. The number of aromatic nitrogens is 1. The van der Waals surface area contributed by atoms with Crippen LogP contribution in [0.25, 0.3) is 0 Å². The van der Waals surface area contributed by atoms with E-state index in [4.69, 9.17) is 5.73 Å². The van der Waals surface area contributed by atoms with Gasteiger partial charge >= 0.3 is 0 Å². The van der Waals surface area contributed by atoms with Crippen molar-refractivity contribution in [1.29, 1.82) is 0 Å². The zero-order valence-corrected chi connectivity index (χ0v) is 9.26. The normalized spacial score (nSPS) is 22.5. The molecule has 1 aliphatic rings. The lowest BCUT2D eigenvalue weighted by atomic mass is 9.88. The SMILES string of the molecule is NC1(c2cccnc2)Cc2ccccc2C1=O. The summed E-state index contributed by atoms with van der Waals surface area (Å²) < 4.78 is 0. The van der Waals surface area contributed by atoms with E-state index in [-0.39, 0.29) is 5.78 Å². The highest BCUT2D eigenvalue weighted by Gasteiger charge is 2.43. The van der Waals surface area contributed by atoms with Crippen LogP contribution in [0, 0.1) is 0 Å². The summed E-state index contributed by atoms with van der Waals surface area (Å²) in [5, 5.41) is 0. The monoisotopic (exact) mass is 224 g/mol. The molecule has 0 amide bonds. The molecule has 1 aromatic heterocycles. The van der Waals surface area contributed by atoms with Gasteiger partial charge in [0.1, 0.15) is 5.54 Å². The Bertz CT molecular complexity index is 580. The molecule has 1 aromatic carbocycles. The van der Waals surface area contributed by atoms with Gasteiger partial charge in [0.25, 0.3) is 0 Å². The highest BCUT2D eigenvalue weighted by Crippen LogP contribution is 2.35. The third kappa shape index (κ3) is 1.40. The van der Waals surface area contributed by atoms with Crippen LogP contribution in [-0.4, -0.2) is 10.8 Å². The zero-order valence-electron chi connectivity index (χ0n) is 9.26. The topological polar surface area (TPSA) is 56.0 Å². The van der Waals surface area contributed by atoms with Gasteiger partial charge in [-0.3, -0.25) is 9.78 Å². The van der Waals surface area contributed by atoms with E-state index in [1.54, 1.807) is 18.5 Å². The average Bonchev–Trinajstić information content (AvgIpc) is 2.65. The van der Waals surface area contributed by atoms with E-state index in [0.29, 0.717) is 6.42 Å². The molecule has 0 spiro atoms. The highest BCUT2D eigenvalue weighted by molar-refractivity contribution is 6.07. The third-order valence-corrected chi connectivity index (χ3v) is 3.31. The number of benzene rings is 1. The molecule has 84 valence electrons. The fourth-order valence-corrected chi connectivity index (χ4v) is 2.38. The standard InChI is InChI=1S/C14H12N2O/c15-14(11-5-3-7-16-9-11)8-10-4-1-2-6-12(10)13(14)17/h1-7,9H,8,15H2. The molecule has 1 atom stereocenters. The fraction of sp³-hybridized carbons (Fsp3) is 0.143. The van der Waals surface area contributed by atoms with Crippen LogP contribution < -0.4 is 5.73 Å². The van der Waals surface area contributed by atoms with Crippen LogP contribution >= 0.6 is 0 Å². The first-order chi connectivity index (χ1) is 8.22. The summed E-state index contributed by atoms with van der Waals surface area (Å²) in [5.41, 5.74) is 7.87. The Morgan fingerprint density at radius 3 is 2.71 bits per heavy atom. The Labute approximate surface area is 99.3 Å². The van der Waals surface area contributed by atoms with Crippen molar-refractivity contribution in [2.24, 2.45) is 5.73 Å². The van der Waals surface area contributed by atoms with E-state index < -0.39 is 5.54 Å². The van der Waals surface area contributed by atoms with Gasteiger partial charge in [-0.1, -0.05) is 30.3 Å². The molecular weight excluding hydrogens is 212 g/mol. The summed E-state index contributed by atoms with van der Waals surface area (Å²) in [7, 11) is 0. The number of carbonyl (C=O) groups is 1. The van der Waals surface area contributed by atoms with Gasteiger partial charge in [0.2, 0.25) is 0 Å². The van der Waals surface area contributed by atoms with Crippen LogP contribution in [-0.2, 0) is 12.0 Å². The van der Waals surface area contributed by atoms with Crippen molar-refractivity contribution >= 4 is 5.78 Å². The lowest BCUT2D eigenvalue weighted by Gasteiger charge is -2.21. The Kier molecular flexibility index (Phi) is 2.09. The second kappa shape index (κ2) is 3.50. The molecule has 3 heteroatoms. The summed E-state index contributed by atoms with van der Waals surface area (Å²) in [6.45, 7) is 0. The molecule has 2 aromatic rings. The molecular formula is C14H12N2O. The van der Waals surface area contributed by atoms with E-state index in [1.165, 1.54) is 0 Å². The summed E-state index contributed by atoms with van der Waals surface area (Å²) in [6, 6.07) is 11.3. The van der Waals surface area contributed by atoms with Gasteiger partial charge in [0.15, 0.2) is 5.78 Å². The number of hydrogen-bond acceptors (Lipinski definition) is 3. The molecule has 3 rings (SSSR count). The van der Waals surface area contributed by atoms with Crippen LogP contribution in [0.4, 0.5) is 0 Å². The number of pyridine rings is 1. The molecule has 0 saturated heterocycles. The van der Waals surface area contributed by atoms with Gasteiger partial charge in [-0.05, 0) is 17.2 Å². The molecule has 1 aliphatic carbocycles. The van der Waals surface area contributed by atoms with Crippen LogP contribution in [0.5, 0.6) is 0 Å². The lowest BCUT2D eigenvalue weighted by Crippen LogP contribution is -2.42. The summed E-state index contributed by atoms with van der Waals surface area (Å²) in [6.07, 6.45) is 3.90. The van der Waals surface area contributed by atoms with Gasteiger partial charge in [0.05, 0.1) is 0 Å². The minimum atomic E-state index is -0.946. The Hall–Kier alpha value is -2.00. The third-order valence-electron chi connectivity index (χ3n) is 3.31. The van der Waals surface area contributed by atoms with Crippen LogP contribution in [0.1, 0.15) is 21.5 Å². The number of rotatable bonds is 1. The molecule has 1 unspecified atom stereocenters. The van der Waals surface area contributed by atoms with Crippen molar-refractivity contribution in [1.82, 2.24) is 4.98 Å². The number of carbonyl (C=O) groups excluding carboxylic acids is 1. The van der Waals surface area contributed by atoms with E-state index in [1.807, 2.05) is 30.3 Å². The summed E-state index contributed by atoms with van der Waals surface area (Å²) >= 11 is 0. The lowest BCUT2D eigenvalue weighted by molar-refractivity contribution is 0.0906. The maximum absolute atomic E-state index is 12.4. The van der Waals surface area contributed by atoms with Crippen molar-refractivity contribution in [2.45, 2.75) is 12.0 Å². The molecule has 0 fully saturated rings. The van der Waals surface area contributed by atoms with E-state index in [2.05, 4.69) is 4.98 Å². The Balaban J connectivity index is 2.12. The van der Waals surface area contributed by atoms with Crippen molar-refractivity contribution < 1.29 is 4.79 Å². The van der Waals surface area contributed by atoms with E-state index >= 15 is 0 Å². The van der Waals surface area contributed by atoms with Crippen molar-refractivity contribution in [3.05, 3.63) is 65.5 Å². The number of nitrogens with zero attached hydrogens (tertiary/aromatic N) is 1. The van der Waals surface area contributed by atoms with Gasteiger partial charge in [0, 0.05) is 24.4 Å². The quantitative estimate of drug-likeness (QED) is 0.801.